The zero-order valence-corrected chi connectivity index (χ0v) is 20.0. The van der Waals surface area contributed by atoms with Gasteiger partial charge < -0.3 is 4.74 Å². The normalized spacial score (nSPS) is 37.9. The Bertz CT molecular complexity index is 1070. The van der Waals surface area contributed by atoms with Gasteiger partial charge in [0.1, 0.15) is 11.5 Å². The molecule has 4 heteroatoms. The van der Waals surface area contributed by atoms with E-state index in [0.29, 0.717) is 17.1 Å². The molecule has 6 rings (SSSR count). The maximum Gasteiger partial charge on any atom is 0.139 e. The topological polar surface area (TPSA) is 44.1 Å². The zero-order valence-electron chi connectivity index (χ0n) is 20.0. The smallest absolute Gasteiger partial charge is 0.139 e. The first-order chi connectivity index (χ1) is 15.3. The number of methoxy groups -OCH3 is 1. The van der Waals surface area contributed by atoms with Crippen LogP contribution in [0.4, 0.5) is 0 Å². The van der Waals surface area contributed by atoms with Crippen molar-refractivity contribution >= 4 is 5.78 Å². The second-order valence-electron chi connectivity index (χ2n) is 11.6. The van der Waals surface area contributed by atoms with Gasteiger partial charge in [0.25, 0.3) is 0 Å². The molecule has 0 unspecified atom stereocenters. The van der Waals surface area contributed by atoms with Gasteiger partial charge in [-0.25, -0.2) is 4.68 Å². The summed E-state index contributed by atoms with van der Waals surface area (Å²) < 4.78 is 7.49. The lowest BCUT2D eigenvalue weighted by atomic mass is 9.45. The molecule has 0 amide bonds. The molecule has 0 N–H and O–H groups in total. The first kappa shape index (κ1) is 20.5. The molecule has 4 aliphatic rings. The third kappa shape index (κ3) is 2.67. The van der Waals surface area contributed by atoms with Gasteiger partial charge in [0, 0.05) is 17.5 Å². The number of carbonyl (C=O) groups is 1. The molecule has 0 aliphatic heterocycles. The highest BCUT2D eigenvalue weighted by molar-refractivity contribution is 5.87. The van der Waals surface area contributed by atoms with Crippen molar-refractivity contribution in [2.75, 3.05) is 7.11 Å². The predicted molar refractivity (Wildman–Crippen MR) is 125 cm³/mol. The number of fused-ring (bicyclic) bond motifs is 6. The van der Waals surface area contributed by atoms with E-state index in [1.54, 1.807) is 7.11 Å². The molecule has 0 radical (unpaired) electrons. The number of nitrogens with zero attached hydrogens (tertiary/aromatic N) is 2. The van der Waals surface area contributed by atoms with Crippen molar-refractivity contribution < 1.29 is 9.53 Å². The van der Waals surface area contributed by atoms with E-state index in [1.165, 1.54) is 36.2 Å². The molecule has 1 heterocycles. The van der Waals surface area contributed by atoms with Gasteiger partial charge in [-0.2, -0.15) is 5.10 Å². The zero-order chi connectivity index (χ0) is 22.3. The maximum absolute atomic E-state index is 12.7. The van der Waals surface area contributed by atoms with Crippen LogP contribution in [0.2, 0.25) is 0 Å². The number of rotatable bonds is 2. The van der Waals surface area contributed by atoms with Crippen molar-refractivity contribution in [1.82, 2.24) is 9.78 Å². The summed E-state index contributed by atoms with van der Waals surface area (Å²) in [5.74, 6) is 4.26. The molecule has 3 saturated carbocycles. The van der Waals surface area contributed by atoms with Crippen LogP contribution in [0.3, 0.4) is 0 Å². The number of Topliss-reactive ketones (excluding diaryl/α,β-unsaturated/α-hetero) is 1. The Morgan fingerprint density at radius 2 is 1.84 bits per heavy atom. The van der Waals surface area contributed by atoms with Gasteiger partial charge >= 0.3 is 0 Å². The lowest BCUT2D eigenvalue weighted by Gasteiger charge is -2.59. The third-order valence-electron chi connectivity index (χ3n) is 10.4. The number of ether oxygens (including phenoxy) is 1. The lowest BCUT2D eigenvalue weighted by molar-refractivity contribution is -0.136. The Morgan fingerprint density at radius 1 is 1.06 bits per heavy atom. The molecular weight excluding hydrogens is 396 g/mol. The van der Waals surface area contributed by atoms with E-state index in [4.69, 9.17) is 9.84 Å². The van der Waals surface area contributed by atoms with E-state index in [-0.39, 0.29) is 5.41 Å². The first-order valence-corrected chi connectivity index (χ1v) is 12.6. The summed E-state index contributed by atoms with van der Waals surface area (Å²) in [6.07, 6.45) is 9.17. The van der Waals surface area contributed by atoms with Crippen LogP contribution >= 0.6 is 0 Å². The van der Waals surface area contributed by atoms with Crippen LogP contribution in [0.25, 0.3) is 5.69 Å². The average molecular weight is 433 g/mol. The molecule has 32 heavy (non-hydrogen) atoms. The largest absolute Gasteiger partial charge is 0.497 e. The van der Waals surface area contributed by atoms with Crippen LogP contribution in [-0.2, 0) is 17.6 Å². The maximum atomic E-state index is 12.7. The van der Waals surface area contributed by atoms with Gasteiger partial charge in [0.2, 0.25) is 0 Å². The monoisotopic (exact) mass is 432 g/mol. The van der Waals surface area contributed by atoms with Crippen molar-refractivity contribution in [3.05, 3.63) is 41.2 Å². The van der Waals surface area contributed by atoms with Crippen LogP contribution in [0, 0.1) is 41.4 Å². The van der Waals surface area contributed by atoms with Gasteiger partial charge in [-0.1, -0.05) is 13.8 Å². The van der Waals surface area contributed by atoms with Crippen LogP contribution in [0.15, 0.2) is 24.3 Å². The molecule has 1 aromatic heterocycles. The Kier molecular flexibility index (Phi) is 4.45. The standard InChI is InChI=1S/C28H36N2O2/c1-17-22-16-28(3)18(15-25(22)29-30(17)19-6-8-20(32-4)9-7-19)5-10-21-23-11-12-26(31)27(23,2)14-13-24(21)28/h6-9,18,21,23-24H,5,10-16H2,1-4H3/t18-,21-,23-,24-,27-,28-/m0/s1. The summed E-state index contributed by atoms with van der Waals surface area (Å²) in [5, 5.41) is 5.11. The highest BCUT2D eigenvalue weighted by Crippen LogP contribution is 2.64. The fourth-order valence-corrected chi connectivity index (χ4v) is 8.49. The minimum atomic E-state index is -0.0284. The van der Waals surface area contributed by atoms with Gasteiger partial charge in [-0.15, -0.1) is 0 Å². The van der Waals surface area contributed by atoms with Crippen molar-refractivity contribution in [3.63, 3.8) is 0 Å². The lowest BCUT2D eigenvalue weighted by Crippen LogP contribution is -2.54. The average Bonchev–Trinajstić information content (AvgIpc) is 3.28. The summed E-state index contributed by atoms with van der Waals surface area (Å²) in [6.45, 7) is 7.12. The predicted octanol–water partition coefficient (Wildman–Crippen LogP) is 5.72. The molecule has 0 saturated heterocycles. The number of benzene rings is 1. The fraction of sp³-hybridized carbons (Fsp3) is 0.643. The Hall–Kier alpha value is -2.10. The van der Waals surface area contributed by atoms with Crippen molar-refractivity contribution in [1.29, 1.82) is 0 Å². The molecular formula is C28H36N2O2. The molecule has 2 aromatic rings. The number of hydrogen-bond donors (Lipinski definition) is 0. The van der Waals surface area contributed by atoms with Crippen molar-refractivity contribution in [2.24, 2.45) is 34.5 Å². The summed E-state index contributed by atoms with van der Waals surface area (Å²) in [7, 11) is 1.71. The van der Waals surface area contributed by atoms with Crippen LogP contribution in [0.1, 0.15) is 69.3 Å². The quantitative estimate of drug-likeness (QED) is 0.610. The van der Waals surface area contributed by atoms with E-state index in [0.717, 1.165) is 61.3 Å². The van der Waals surface area contributed by atoms with E-state index < -0.39 is 0 Å². The van der Waals surface area contributed by atoms with Gasteiger partial charge in [-0.05, 0) is 111 Å². The SMILES string of the molecule is COc1ccc(-n2nc3c(c2C)C[C@@]2(C)[C@@H](CC[C@@H]4[C@@H]2CC[C@]2(C)C(=O)CC[C@@H]42)C3)cc1. The number of hydrogen-bond acceptors (Lipinski definition) is 3. The molecule has 4 aliphatic carbocycles. The fourth-order valence-electron chi connectivity index (χ4n) is 8.49. The third-order valence-corrected chi connectivity index (χ3v) is 10.4. The molecule has 1 aromatic carbocycles. The van der Waals surface area contributed by atoms with E-state index in [1.807, 2.05) is 12.1 Å². The highest BCUT2D eigenvalue weighted by atomic mass is 16.5. The summed E-state index contributed by atoms with van der Waals surface area (Å²) >= 11 is 0. The Balaban J connectivity index is 1.34. The second-order valence-corrected chi connectivity index (χ2v) is 11.6. The summed E-state index contributed by atoms with van der Waals surface area (Å²) in [5.41, 5.74) is 5.51. The van der Waals surface area contributed by atoms with Crippen LogP contribution < -0.4 is 4.74 Å². The highest BCUT2D eigenvalue weighted by Gasteiger charge is 2.60. The van der Waals surface area contributed by atoms with Gasteiger partial charge in [-0.3, -0.25) is 4.79 Å². The van der Waals surface area contributed by atoms with Crippen LogP contribution in [0.5, 0.6) is 5.75 Å². The molecule has 3 fully saturated rings. The van der Waals surface area contributed by atoms with E-state index in [9.17, 15) is 4.79 Å². The molecule has 0 spiro atoms. The number of ketones is 1. The molecule has 4 nitrogen and oxygen atoms in total. The summed E-state index contributed by atoms with van der Waals surface area (Å²) in [4.78, 5) is 12.7. The number of aromatic nitrogens is 2. The van der Waals surface area contributed by atoms with Gasteiger partial charge in [0.05, 0.1) is 18.5 Å². The minimum absolute atomic E-state index is 0.0284. The van der Waals surface area contributed by atoms with E-state index >= 15 is 0 Å². The molecule has 170 valence electrons. The van der Waals surface area contributed by atoms with Crippen molar-refractivity contribution in [3.8, 4) is 11.4 Å². The summed E-state index contributed by atoms with van der Waals surface area (Å²) in [6, 6.07) is 8.24. The minimum Gasteiger partial charge on any atom is -0.497 e. The Labute approximate surface area is 191 Å². The first-order valence-electron chi connectivity index (χ1n) is 12.6. The molecule has 0 bridgehead atoms. The Morgan fingerprint density at radius 3 is 2.59 bits per heavy atom. The number of carbonyl (C=O) groups excluding carboxylic acids is 1. The van der Waals surface area contributed by atoms with Crippen LogP contribution in [-0.4, -0.2) is 22.7 Å². The van der Waals surface area contributed by atoms with Crippen molar-refractivity contribution in [2.45, 2.75) is 72.1 Å². The van der Waals surface area contributed by atoms with Gasteiger partial charge in [0.15, 0.2) is 0 Å². The second kappa shape index (κ2) is 6.95. The molecule has 6 atom stereocenters. The van der Waals surface area contributed by atoms with E-state index in [2.05, 4.69) is 37.6 Å².